The number of methoxy groups -OCH3 is 2. The number of hydrogen-bond donors (Lipinski definition) is 2. The van der Waals surface area contributed by atoms with E-state index in [1.54, 1.807) is 49.6 Å². The van der Waals surface area contributed by atoms with Crippen molar-refractivity contribution in [1.82, 2.24) is 9.55 Å². The van der Waals surface area contributed by atoms with Gasteiger partial charge in [-0.15, -0.1) is 0 Å². The number of rotatable bonds is 9. The van der Waals surface area contributed by atoms with Gasteiger partial charge in [0, 0.05) is 19.0 Å². The lowest BCUT2D eigenvalue weighted by molar-refractivity contribution is -0.116. The van der Waals surface area contributed by atoms with Crippen molar-refractivity contribution in [2.75, 3.05) is 19.5 Å². The summed E-state index contributed by atoms with van der Waals surface area (Å²) >= 11 is 0. The second-order valence-corrected chi connectivity index (χ2v) is 6.86. The van der Waals surface area contributed by atoms with Crippen molar-refractivity contribution >= 4 is 22.5 Å². The Morgan fingerprint density at radius 1 is 1.03 bits per heavy atom. The number of hydrogen-bond acceptors (Lipinski definition) is 5. The number of nitrogens with zero attached hydrogens (tertiary/aromatic N) is 1. The minimum Gasteiger partial charge on any atom is -0.497 e. The molecule has 0 saturated heterocycles. The van der Waals surface area contributed by atoms with Crippen LogP contribution in [0.3, 0.4) is 0 Å². The van der Waals surface area contributed by atoms with E-state index in [0.717, 1.165) is 0 Å². The quantitative estimate of drug-likeness (QED) is 0.527. The minimum atomic E-state index is -0.415. The zero-order valence-electron chi connectivity index (χ0n) is 17.1. The molecule has 1 amide bonds. The second-order valence-electron chi connectivity index (χ2n) is 6.86. The molecule has 8 nitrogen and oxygen atoms in total. The summed E-state index contributed by atoms with van der Waals surface area (Å²) in [6, 6.07) is 12.1. The molecular formula is C22H25N3O5. The van der Waals surface area contributed by atoms with Gasteiger partial charge in [0.1, 0.15) is 11.5 Å². The summed E-state index contributed by atoms with van der Waals surface area (Å²) in [4.78, 5) is 39.6. The largest absolute Gasteiger partial charge is 0.497 e. The maximum Gasteiger partial charge on any atom is 0.328 e. The monoisotopic (exact) mass is 411 g/mol. The van der Waals surface area contributed by atoms with Gasteiger partial charge in [0.2, 0.25) is 5.91 Å². The van der Waals surface area contributed by atoms with Gasteiger partial charge in [-0.25, -0.2) is 4.79 Å². The van der Waals surface area contributed by atoms with Crippen molar-refractivity contribution in [3.8, 4) is 11.5 Å². The van der Waals surface area contributed by atoms with Crippen LogP contribution in [0.5, 0.6) is 11.5 Å². The number of unbranched alkanes of at least 4 members (excludes halogenated alkanes) is 2. The third-order valence-corrected chi connectivity index (χ3v) is 4.86. The maximum absolute atomic E-state index is 12.5. The number of fused-ring (bicyclic) bond motifs is 1. The van der Waals surface area contributed by atoms with E-state index in [4.69, 9.17) is 9.47 Å². The van der Waals surface area contributed by atoms with Gasteiger partial charge in [0.05, 0.1) is 30.8 Å². The summed E-state index contributed by atoms with van der Waals surface area (Å²) in [6.07, 6.45) is 2.29. The highest BCUT2D eigenvalue weighted by atomic mass is 16.5. The number of carbonyl (C=O) groups is 1. The Morgan fingerprint density at radius 3 is 2.60 bits per heavy atom. The summed E-state index contributed by atoms with van der Waals surface area (Å²) in [7, 11) is 3.09. The number of benzene rings is 2. The standard InChI is InChI=1S/C22H25N3O5/c1-29-15-11-12-19(30-2)18(14-15)23-20(26)10-4-3-7-13-25-21(27)16-8-5-6-9-17(16)24-22(25)28/h5-6,8-9,11-12,14H,3-4,7,10,13H2,1-2H3,(H,23,26)(H,24,28). The van der Waals surface area contributed by atoms with E-state index in [1.807, 2.05) is 0 Å². The molecule has 0 fully saturated rings. The zero-order chi connectivity index (χ0) is 21.5. The number of aromatic nitrogens is 2. The average molecular weight is 411 g/mol. The van der Waals surface area contributed by atoms with E-state index < -0.39 is 5.69 Å². The summed E-state index contributed by atoms with van der Waals surface area (Å²) < 4.78 is 11.6. The molecule has 0 bridgehead atoms. The number of carbonyl (C=O) groups excluding carboxylic acids is 1. The number of aromatic amines is 1. The highest BCUT2D eigenvalue weighted by Gasteiger charge is 2.10. The van der Waals surface area contributed by atoms with Crippen LogP contribution in [0, 0.1) is 0 Å². The first-order chi connectivity index (χ1) is 14.5. The van der Waals surface area contributed by atoms with Crippen molar-refractivity contribution in [1.29, 1.82) is 0 Å². The fraction of sp³-hybridized carbons (Fsp3) is 0.318. The fourth-order valence-electron chi connectivity index (χ4n) is 3.26. The van der Waals surface area contributed by atoms with Crippen LogP contribution < -0.4 is 26.0 Å². The molecule has 3 rings (SSSR count). The third kappa shape index (κ3) is 4.89. The van der Waals surface area contributed by atoms with E-state index >= 15 is 0 Å². The van der Waals surface area contributed by atoms with Gasteiger partial charge in [-0.1, -0.05) is 18.6 Å². The van der Waals surface area contributed by atoms with E-state index in [1.165, 1.54) is 11.7 Å². The Bertz CT molecular complexity index is 1150. The fourth-order valence-corrected chi connectivity index (χ4v) is 3.26. The van der Waals surface area contributed by atoms with Crippen LogP contribution in [0.1, 0.15) is 25.7 Å². The van der Waals surface area contributed by atoms with Crippen molar-refractivity contribution in [2.24, 2.45) is 0 Å². The van der Waals surface area contributed by atoms with Crippen molar-refractivity contribution in [3.63, 3.8) is 0 Å². The van der Waals surface area contributed by atoms with Crippen LogP contribution in [0.15, 0.2) is 52.1 Å². The van der Waals surface area contributed by atoms with Gasteiger partial charge >= 0.3 is 5.69 Å². The number of anilines is 1. The molecule has 0 spiro atoms. The van der Waals surface area contributed by atoms with Gasteiger partial charge in [-0.2, -0.15) is 0 Å². The molecule has 158 valence electrons. The third-order valence-electron chi connectivity index (χ3n) is 4.86. The van der Waals surface area contributed by atoms with Gasteiger partial charge in [-0.3, -0.25) is 14.2 Å². The lowest BCUT2D eigenvalue weighted by atomic mass is 10.1. The molecule has 0 radical (unpaired) electrons. The minimum absolute atomic E-state index is 0.137. The van der Waals surface area contributed by atoms with Gasteiger partial charge in [-0.05, 0) is 37.1 Å². The van der Waals surface area contributed by atoms with Gasteiger partial charge in [0.25, 0.3) is 5.56 Å². The Labute approximate surface area is 173 Å². The Morgan fingerprint density at radius 2 is 1.83 bits per heavy atom. The summed E-state index contributed by atoms with van der Waals surface area (Å²) in [5.74, 6) is 1.04. The number of H-pyrrole nitrogens is 1. The first-order valence-electron chi connectivity index (χ1n) is 9.77. The molecule has 1 heterocycles. The molecule has 0 unspecified atom stereocenters. The number of amides is 1. The van der Waals surface area contributed by atoms with Crippen LogP contribution in [-0.4, -0.2) is 29.7 Å². The average Bonchev–Trinajstić information content (AvgIpc) is 2.75. The van der Waals surface area contributed by atoms with E-state index in [-0.39, 0.29) is 11.5 Å². The van der Waals surface area contributed by atoms with Crippen LogP contribution in [-0.2, 0) is 11.3 Å². The number of nitrogens with one attached hydrogen (secondary N) is 2. The molecule has 0 atom stereocenters. The molecule has 2 N–H and O–H groups in total. The lowest BCUT2D eigenvalue weighted by Crippen LogP contribution is -2.35. The molecular weight excluding hydrogens is 386 g/mol. The normalized spacial score (nSPS) is 10.7. The highest BCUT2D eigenvalue weighted by molar-refractivity contribution is 5.92. The van der Waals surface area contributed by atoms with Crippen LogP contribution in [0.4, 0.5) is 5.69 Å². The highest BCUT2D eigenvalue weighted by Crippen LogP contribution is 2.29. The first-order valence-corrected chi connectivity index (χ1v) is 9.77. The van der Waals surface area contributed by atoms with Gasteiger partial charge < -0.3 is 19.8 Å². The second kappa shape index (κ2) is 9.78. The predicted molar refractivity (Wildman–Crippen MR) is 115 cm³/mol. The Kier molecular flexibility index (Phi) is 6.90. The summed E-state index contributed by atoms with van der Waals surface area (Å²) in [6.45, 7) is 0.310. The SMILES string of the molecule is COc1ccc(OC)c(NC(=O)CCCCCn2c(=O)[nH]c3ccccc3c2=O)c1. The maximum atomic E-state index is 12.5. The molecule has 0 aliphatic heterocycles. The summed E-state index contributed by atoms with van der Waals surface area (Å²) in [5.41, 5.74) is 0.378. The molecule has 8 heteroatoms. The molecule has 2 aromatic carbocycles. The zero-order valence-corrected chi connectivity index (χ0v) is 17.1. The van der Waals surface area contributed by atoms with E-state index in [9.17, 15) is 14.4 Å². The van der Waals surface area contributed by atoms with Crippen LogP contribution in [0.2, 0.25) is 0 Å². The Hall–Kier alpha value is -3.55. The predicted octanol–water partition coefficient (Wildman–Crippen LogP) is 2.91. The summed E-state index contributed by atoms with van der Waals surface area (Å²) in [5, 5.41) is 3.32. The van der Waals surface area contributed by atoms with Crippen molar-refractivity contribution < 1.29 is 14.3 Å². The van der Waals surface area contributed by atoms with Gasteiger partial charge in [0.15, 0.2) is 0 Å². The molecule has 30 heavy (non-hydrogen) atoms. The Balaban J connectivity index is 1.51. The number of ether oxygens (including phenoxy) is 2. The smallest absolute Gasteiger partial charge is 0.328 e. The van der Waals surface area contributed by atoms with Crippen molar-refractivity contribution in [2.45, 2.75) is 32.2 Å². The van der Waals surface area contributed by atoms with E-state index in [0.29, 0.717) is 60.3 Å². The number of para-hydroxylation sites is 1. The first kappa shape index (κ1) is 21.2. The molecule has 0 aliphatic carbocycles. The molecule has 1 aromatic heterocycles. The molecule has 3 aromatic rings. The van der Waals surface area contributed by atoms with Crippen LogP contribution in [0.25, 0.3) is 10.9 Å². The lowest BCUT2D eigenvalue weighted by Gasteiger charge is -2.11. The van der Waals surface area contributed by atoms with E-state index in [2.05, 4.69) is 10.3 Å². The van der Waals surface area contributed by atoms with Crippen LogP contribution >= 0.6 is 0 Å². The van der Waals surface area contributed by atoms with Crippen molar-refractivity contribution in [3.05, 3.63) is 63.3 Å². The topological polar surface area (TPSA) is 102 Å². The molecule has 0 saturated carbocycles. The molecule has 0 aliphatic rings.